The van der Waals surface area contributed by atoms with Gasteiger partial charge in [-0.15, -0.1) is 0 Å². The van der Waals surface area contributed by atoms with Crippen molar-refractivity contribution >= 4 is 66.0 Å². The number of likely N-dealkylation sites (N-methyl/N-ethyl adjacent to an activating group) is 1. The molecule has 36 heavy (non-hydrogen) atoms. The molecule has 1 atom stereocenters. The Hall–Kier alpha value is -2.44. The first-order valence-corrected chi connectivity index (χ1v) is 14.6. The molecule has 7 nitrogen and oxygen atoms in total. The van der Waals surface area contributed by atoms with Crippen LogP contribution in [-0.4, -0.2) is 44.3 Å². The van der Waals surface area contributed by atoms with E-state index in [9.17, 15) is 18.0 Å². The lowest BCUT2D eigenvalue weighted by Gasteiger charge is -2.32. The zero-order chi connectivity index (χ0) is 26.3. The number of rotatable bonds is 10. The number of amides is 2. The van der Waals surface area contributed by atoms with Crippen LogP contribution in [0.25, 0.3) is 0 Å². The minimum absolute atomic E-state index is 0.0765. The summed E-state index contributed by atoms with van der Waals surface area (Å²) >= 11 is 5.54. The van der Waals surface area contributed by atoms with E-state index in [2.05, 4.69) is 43.8 Å². The molecule has 0 fully saturated rings. The molecular weight excluding hydrogens is 657 g/mol. The molecule has 0 aliphatic rings. The van der Waals surface area contributed by atoms with E-state index in [4.69, 9.17) is 0 Å². The van der Waals surface area contributed by atoms with Crippen molar-refractivity contribution in [1.82, 2.24) is 10.2 Å². The van der Waals surface area contributed by atoms with E-state index in [1.807, 2.05) is 24.3 Å². The molecule has 0 aliphatic carbocycles. The van der Waals surface area contributed by atoms with Crippen molar-refractivity contribution in [3.63, 3.8) is 0 Å². The van der Waals surface area contributed by atoms with Gasteiger partial charge in [-0.05, 0) is 90.5 Å². The summed E-state index contributed by atoms with van der Waals surface area (Å²) in [6.07, 6.45) is 0. The van der Waals surface area contributed by atoms with Gasteiger partial charge in [-0.3, -0.25) is 13.9 Å². The summed E-state index contributed by atoms with van der Waals surface area (Å²) in [5.41, 5.74) is 1.18. The summed E-state index contributed by atoms with van der Waals surface area (Å²) in [6.45, 7) is 3.55. The minimum Gasteiger partial charge on any atom is -0.355 e. The molecule has 0 aromatic heterocycles. The zero-order valence-electron chi connectivity index (χ0n) is 19.9. The summed E-state index contributed by atoms with van der Waals surface area (Å²) in [6, 6.07) is 21.5. The van der Waals surface area contributed by atoms with Crippen molar-refractivity contribution in [1.29, 1.82) is 0 Å². The van der Waals surface area contributed by atoms with Crippen LogP contribution in [0.15, 0.2) is 88.2 Å². The van der Waals surface area contributed by atoms with Gasteiger partial charge in [0.1, 0.15) is 12.6 Å². The van der Waals surface area contributed by atoms with Crippen LogP contribution < -0.4 is 9.62 Å². The fraction of sp³-hybridized carbons (Fsp3) is 0.231. The Balaban J connectivity index is 2.00. The topological polar surface area (TPSA) is 86.8 Å². The molecule has 0 heterocycles. The molecule has 0 aliphatic heterocycles. The number of halogens is 2. The third kappa shape index (κ3) is 7.07. The number of hydrogen-bond acceptors (Lipinski definition) is 4. The van der Waals surface area contributed by atoms with E-state index < -0.39 is 28.5 Å². The quantitative estimate of drug-likeness (QED) is 0.311. The van der Waals surface area contributed by atoms with Crippen LogP contribution in [0.2, 0.25) is 0 Å². The predicted molar refractivity (Wildman–Crippen MR) is 153 cm³/mol. The van der Waals surface area contributed by atoms with Crippen LogP contribution in [-0.2, 0) is 26.2 Å². The Morgan fingerprint density at radius 2 is 1.58 bits per heavy atom. The van der Waals surface area contributed by atoms with Crippen LogP contribution in [0.4, 0.5) is 5.69 Å². The van der Waals surface area contributed by atoms with Gasteiger partial charge in [0.05, 0.1) is 10.6 Å². The number of sulfonamides is 1. The number of benzene rings is 3. The molecule has 1 N–H and O–H groups in total. The van der Waals surface area contributed by atoms with Gasteiger partial charge in [-0.25, -0.2) is 8.42 Å². The van der Waals surface area contributed by atoms with Crippen LogP contribution in [0, 0.1) is 3.57 Å². The predicted octanol–water partition coefficient (Wildman–Crippen LogP) is 4.80. The van der Waals surface area contributed by atoms with Gasteiger partial charge in [0.15, 0.2) is 0 Å². The van der Waals surface area contributed by atoms with Crippen LogP contribution in [0.1, 0.15) is 19.4 Å². The maximum atomic E-state index is 13.7. The molecule has 0 unspecified atom stereocenters. The van der Waals surface area contributed by atoms with Crippen LogP contribution in [0.5, 0.6) is 0 Å². The lowest BCUT2D eigenvalue weighted by molar-refractivity contribution is -0.139. The molecule has 10 heteroatoms. The summed E-state index contributed by atoms with van der Waals surface area (Å²) < 4.78 is 30.2. The number of carbonyl (C=O) groups is 2. The lowest BCUT2D eigenvalue weighted by Crippen LogP contribution is -2.51. The summed E-state index contributed by atoms with van der Waals surface area (Å²) in [5.74, 6) is -0.801. The Bertz CT molecular complexity index is 1290. The first-order chi connectivity index (χ1) is 17.1. The molecule has 3 aromatic rings. The van der Waals surface area contributed by atoms with E-state index in [1.165, 1.54) is 17.0 Å². The van der Waals surface area contributed by atoms with Gasteiger partial charge in [-0.2, -0.15) is 0 Å². The van der Waals surface area contributed by atoms with Gasteiger partial charge in [-0.1, -0.05) is 46.3 Å². The maximum absolute atomic E-state index is 13.7. The highest BCUT2D eigenvalue weighted by molar-refractivity contribution is 14.1. The number of anilines is 1. The van der Waals surface area contributed by atoms with Crippen molar-refractivity contribution in [2.75, 3.05) is 17.4 Å². The molecule has 0 saturated heterocycles. The number of nitrogens with zero attached hydrogens (tertiary/aromatic N) is 2. The standard InChI is InChI=1S/C26H27BrIN3O4S/c1-3-29-26(33)19(2)30(17-20-9-11-21(27)12-10-20)25(32)18-31(23-15-13-22(28)14-16-23)36(34,35)24-7-5-4-6-8-24/h4-16,19H,3,17-18H2,1-2H3,(H,29,33)/t19-/m1/s1. The molecule has 3 rings (SSSR count). The van der Waals surface area contributed by atoms with E-state index in [-0.39, 0.29) is 17.3 Å². The molecular formula is C26H27BrIN3O4S. The average molecular weight is 684 g/mol. The van der Waals surface area contributed by atoms with Gasteiger partial charge in [0.2, 0.25) is 11.8 Å². The minimum atomic E-state index is -4.05. The van der Waals surface area contributed by atoms with E-state index in [1.54, 1.807) is 56.3 Å². The van der Waals surface area contributed by atoms with E-state index >= 15 is 0 Å². The molecule has 190 valence electrons. The van der Waals surface area contributed by atoms with Crippen molar-refractivity contribution in [3.8, 4) is 0 Å². The van der Waals surface area contributed by atoms with Crippen molar-refractivity contribution in [2.45, 2.75) is 31.3 Å². The van der Waals surface area contributed by atoms with Crippen molar-refractivity contribution < 1.29 is 18.0 Å². The Morgan fingerprint density at radius 1 is 0.972 bits per heavy atom. The first-order valence-electron chi connectivity index (χ1n) is 11.3. The van der Waals surface area contributed by atoms with Crippen molar-refractivity contribution in [2.24, 2.45) is 0 Å². The van der Waals surface area contributed by atoms with Gasteiger partial charge >= 0.3 is 0 Å². The second-order valence-corrected chi connectivity index (χ2v) is 12.0. The zero-order valence-corrected chi connectivity index (χ0v) is 24.5. The largest absolute Gasteiger partial charge is 0.355 e. The fourth-order valence-electron chi connectivity index (χ4n) is 3.55. The summed E-state index contributed by atoms with van der Waals surface area (Å²) in [7, 11) is -4.05. The van der Waals surface area contributed by atoms with Crippen LogP contribution in [0.3, 0.4) is 0 Å². The second kappa shape index (κ2) is 12.7. The summed E-state index contributed by atoms with van der Waals surface area (Å²) in [4.78, 5) is 27.9. The number of nitrogens with one attached hydrogen (secondary N) is 1. The highest BCUT2D eigenvalue weighted by Gasteiger charge is 2.32. The highest BCUT2D eigenvalue weighted by Crippen LogP contribution is 2.25. The van der Waals surface area contributed by atoms with E-state index in [0.717, 1.165) is 17.9 Å². The van der Waals surface area contributed by atoms with Crippen LogP contribution >= 0.6 is 38.5 Å². The Labute approximate surface area is 234 Å². The number of carbonyl (C=O) groups excluding carboxylic acids is 2. The third-order valence-corrected chi connectivity index (χ3v) is 8.55. The molecule has 0 bridgehead atoms. The lowest BCUT2D eigenvalue weighted by atomic mass is 10.1. The first kappa shape index (κ1) is 28.1. The van der Waals surface area contributed by atoms with Gasteiger partial charge in [0, 0.05) is 21.1 Å². The Kier molecular flexibility index (Phi) is 9.92. The molecule has 0 spiro atoms. The van der Waals surface area contributed by atoms with Gasteiger partial charge < -0.3 is 10.2 Å². The molecule has 3 aromatic carbocycles. The molecule has 2 amide bonds. The van der Waals surface area contributed by atoms with Gasteiger partial charge in [0.25, 0.3) is 10.0 Å². The smallest absolute Gasteiger partial charge is 0.264 e. The normalized spacial score (nSPS) is 12.0. The molecule has 0 saturated carbocycles. The number of hydrogen-bond donors (Lipinski definition) is 1. The summed E-state index contributed by atoms with van der Waals surface area (Å²) in [5, 5.41) is 2.75. The second-order valence-electron chi connectivity index (χ2n) is 8.02. The molecule has 0 radical (unpaired) electrons. The Morgan fingerprint density at radius 3 is 2.17 bits per heavy atom. The van der Waals surface area contributed by atoms with Crippen molar-refractivity contribution in [3.05, 3.63) is 92.5 Å². The third-order valence-electron chi connectivity index (χ3n) is 5.51. The maximum Gasteiger partial charge on any atom is 0.264 e. The fourth-order valence-corrected chi connectivity index (χ4v) is 5.61. The SMILES string of the molecule is CCNC(=O)[C@@H](C)N(Cc1ccc(Br)cc1)C(=O)CN(c1ccc(I)cc1)S(=O)(=O)c1ccccc1. The monoisotopic (exact) mass is 683 g/mol. The average Bonchev–Trinajstić information content (AvgIpc) is 2.87. The highest BCUT2D eigenvalue weighted by atomic mass is 127. The van der Waals surface area contributed by atoms with E-state index in [0.29, 0.717) is 12.2 Å².